The minimum atomic E-state index is -4.06. The van der Waals surface area contributed by atoms with Crippen LogP contribution in [0.15, 0.2) is 33.2 Å². The molecule has 2 saturated heterocycles. The van der Waals surface area contributed by atoms with Gasteiger partial charge in [-0.25, -0.2) is 8.60 Å². The van der Waals surface area contributed by atoms with Crippen molar-refractivity contribution in [3.8, 4) is 0 Å². The molecule has 1 spiro atoms. The smallest absolute Gasteiger partial charge is 0.291 e. The second-order valence-corrected chi connectivity index (χ2v) is 12.5. The molecule has 11 heteroatoms. The number of halogens is 1. The fraction of sp³-hybridized carbons (Fsp3) is 0.667. The average molecular weight is 448 g/mol. The van der Waals surface area contributed by atoms with Crippen LogP contribution in [0.5, 0.6) is 0 Å². The van der Waals surface area contributed by atoms with Crippen LogP contribution in [-0.4, -0.2) is 58.9 Å². The van der Waals surface area contributed by atoms with Crippen LogP contribution in [0.1, 0.15) is 39.5 Å². The van der Waals surface area contributed by atoms with Crippen molar-refractivity contribution >= 4 is 25.7 Å². The molecule has 0 aromatic carbocycles. The Kier molecular flexibility index (Phi) is 6.03. The summed E-state index contributed by atoms with van der Waals surface area (Å²) in [5.74, 6) is -0.500. The number of hydrogen-bond donors (Lipinski definition) is 1. The van der Waals surface area contributed by atoms with E-state index in [4.69, 9.17) is 4.74 Å². The van der Waals surface area contributed by atoms with Crippen LogP contribution in [0, 0.1) is 0 Å². The van der Waals surface area contributed by atoms with Gasteiger partial charge in [0.1, 0.15) is 4.90 Å². The lowest BCUT2D eigenvalue weighted by Gasteiger charge is -2.44. The molecule has 1 N–H and O–H groups in total. The molecule has 2 aliphatic heterocycles. The predicted molar refractivity (Wildman–Crippen MR) is 106 cm³/mol. The summed E-state index contributed by atoms with van der Waals surface area (Å²) in [6.07, 6.45) is 4.39. The van der Waals surface area contributed by atoms with E-state index in [1.54, 1.807) is 0 Å². The van der Waals surface area contributed by atoms with Crippen LogP contribution in [0.3, 0.4) is 0 Å². The van der Waals surface area contributed by atoms with E-state index in [9.17, 15) is 21.8 Å². The number of rotatable bonds is 4. The van der Waals surface area contributed by atoms with Crippen LogP contribution >= 0.6 is 0 Å². The molecule has 3 heterocycles. The van der Waals surface area contributed by atoms with Crippen molar-refractivity contribution in [1.29, 1.82) is 0 Å². The highest BCUT2D eigenvalue weighted by molar-refractivity contribution is 8.03. The van der Waals surface area contributed by atoms with E-state index >= 15 is 0 Å². The molecule has 1 amide bonds. The Labute approximate surface area is 170 Å². The molecule has 8 nitrogen and oxygen atoms in total. The van der Waals surface area contributed by atoms with Crippen molar-refractivity contribution in [2.24, 2.45) is 3.77 Å². The summed E-state index contributed by atoms with van der Waals surface area (Å²) in [7, 11) is -7.01. The van der Waals surface area contributed by atoms with Crippen molar-refractivity contribution in [2.45, 2.75) is 61.7 Å². The lowest BCUT2D eigenvalue weighted by atomic mass is 9.85. The van der Waals surface area contributed by atoms with E-state index in [2.05, 4.69) is 14.1 Å². The summed E-state index contributed by atoms with van der Waals surface area (Å²) < 4.78 is 61.4. The number of carbonyl (C=O) groups is 1. The first-order valence-corrected chi connectivity index (χ1v) is 12.8. The minimum absolute atomic E-state index is 0.0851. The number of aromatic nitrogens is 1. The first-order chi connectivity index (χ1) is 13.4. The van der Waals surface area contributed by atoms with Crippen LogP contribution < -0.4 is 5.32 Å². The molecular weight excluding hydrogens is 421 g/mol. The molecule has 1 aromatic rings. The SMILES string of the molecule is CC(C)(F)C(=O)NC1CCOC2(CCS(=O)(=NS(=O)(=O)c3cccnc3)CC2)C1. The van der Waals surface area contributed by atoms with Crippen LogP contribution in [0.4, 0.5) is 4.39 Å². The molecule has 0 radical (unpaired) electrons. The highest BCUT2D eigenvalue weighted by atomic mass is 32.3. The first kappa shape index (κ1) is 22.1. The van der Waals surface area contributed by atoms with Gasteiger partial charge in [-0.3, -0.25) is 9.78 Å². The summed E-state index contributed by atoms with van der Waals surface area (Å²) in [5.41, 5.74) is -2.57. The van der Waals surface area contributed by atoms with Crippen molar-refractivity contribution in [1.82, 2.24) is 10.3 Å². The average Bonchev–Trinajstić information content (AvgIpc) is 2.65. The van der Waals surface area contributed by atoms with Gasteiger partial charge < -0.3 is 10.1 Å². The zero-order valence-corrected chi connectivity index (χ0v) is 18.1. The van der Waals surface area contributed by atoms with Gasteiger partial charge in [0, 0.05) is 36.5 Å². The third kappa shape index (κ3) is 5.32. The Morgan fingerprint density at radius 2 is 2.10 bits per heavy atom. The molecule has 1 unspecified atom stereocenters. The third-order valence-electron chi connectivity index (χ3n) is 5.29. The molecule has 2 aliphatic rings. The number of carbonyl (C=O) groups excluding carboxylic acids is 1. The minimum Gasteiger partial charge on any atom is -0.375 e. The summed E-state index contributed by atoms with van der Waals surface area (Å²) >= 11 is 0. The molecule has 1 atom stereocenters. The van der Waals surface area contributed by atoms with Gasteiger partial charge in [-0.05, 0) is 51.7 Å². The fourth-order valence-electron chi connectivity index (χ4n) is 3.57. The zero-order chi connectivity index (χ0) is 21.3. The summed E-state index contributed by atoms with van der Waals surface area (Å²) in [5, 5.41) is 2.72. The number of amides is 1. The fourth-order valence-corrected chi connectivity index (χ4v) is 7.97. The number of pyridine rings is 1. The van der Waals surface area contributed by atoms with Crippen molar-refractivity contribution in [2.75, 3.05) is 18.1 Å². The van der Waals surface area contributed by atoms with E-state index in [0.29, 0.717) is 32.3 Å². The number of alkyl halides is 1. The van der Waals surface area contributed by atoms with Gasteiger partial charge in [-0.2, -0.15) is 8.42 Å². The Balaban J connectivity index is 1.70. The lowest BCUT2D eigenvalue weighted by molar-refractivity contribution is -0.135. The molecule has 0 saturated carbocycles. The zero-order valence-electron chi connectivity index (χ0n) is 16.5. The monoisotopic (exact) mass is 447 g/mol. The van der Waals surface area contributed by atoms with Gasteiger partial charge in [0.15, 0.2) is 5.67 Å². The molecule has 2 fully saturated rings. The molecule has 29 heavy (non-hydrogen) atoms. The topological polar surface area (TPSA) is 115 Å². The van der Waals surface area contributed by atoms with Crippen LogP contribution in [0.2, 0.25) is 0 Å². The molecule has 162 valence electrons. The Morgan fingerprint density at radius 3 is 2.69 bits per heavy atom. The molecule has 3 rings (SSSR count). The number of sulfonamides is 1. The largest absolute Gasteiger partial charge is 0.375 e. The highest BCUT2D eigenvalue weighted by Crippen LogP contribution is 2.37. The second-order valence-electron chi connectivity index (χ2n) is 8.09. The molecule has 0 aliphatic carbocycles. The number of hydrogen-bond acceptors (Lipinski definition) is 6. The molecular formula is C18H26FN3O5S2. The molecule has 1 aromatic heterocycles. The maximum Gasteiger partial charge on any atom is 0.291 e. The summed E-state index contributed by atoms with van der Waals surface area (Å²) in [6.45, 7) is 2.80. The van der Waals surface area contributed by atoms with Crippen molar-refractivity contribution < 1.29 is 26.5 Å². The van der Waals surface area contributed by atoms with Gasteiger partial charge in [-0.15, -0.1) is 3.77 Å². The number of nitrogens with one attached hydrogen (secondary N) is 1. The van der Waals surface area contributed by atoms with Gasteiger partial charge in [-0.1, -0.05) is 0 Å². The number of nitrogens with zero attached hydrogens (tertiary/aromatic N) is 2. The van der Waals surface area contributed by atoms with Crippen molar-refractivity contribution in [3.05, 3.63) is 24.5 Å². The second kappa shape index (κ2) is 7.92. The normalized spacial score (nSPS) is 30.7. The van der Waals surface area contributed by atoms with Crippen molar-refractivity contribution in [3.63, 3.8) is 0 Å². The van der Waals surface area contributed by atoms with Crippen LogP contribution in [0.25, 0.3) is 0 Å². The van der Waals surface area contributed by atoms with E-state index < -0.39 is 36.9 Å². The lowest BCUT2D eigenvalue weighted by Crippen LogP contribution is -2.54. The van der Waals surface area contributed by atoms with E-state index in [1.165, 1.54) is 38.4 Å². The quantitative estimate of drug-likeness (QED) is 0.753. The van der Waals surface area contributed by atoms with Crippen LogP contribution in [-0.2, 0) is 29.3 Å². The summed E-state index contributed by atoms with van der Waals surface area (Å²) in [6, 6.07) is 2.60. The van der Waals surface area contributed by atoms with Gasteiger partial charge in [0.05, 0.1) is 15.3 Å². The standard InChI is InChI=1S/C18H26FN3O5S2/c1-17(2,19)16(23)21-14-5-9-27-18(12-14)6-10-28(24,11-7-18)22-29(25,26)15-4-3-8-20-13-15/h3-4,8,13-14H,5-7,9-12H2,1-2H3,(H,21,23). The number of ether oxygens (including phenoxy) is 1. The Bertz CT molecular complexity index is 968. The highest BCUT2D eigenvalue weighted by Gasteiger charge is 2.43. The molecule has 0 bridgehead atoms. The first-order valence-electron chi connectivity index (χ1n) is 9.46. The Morgan fingerprint density at radius 1 is 1.41 bits per heavy atom. The third-order valence-corrected chi connectivity index (χ3v) is 9.68. The maximum atomic E-state index is 13.8. The summed E-state index contributed by atoms with van der Waals surface area (Å²) in [4.78, 5) is 15.6. The van der Waals surface area contributed by atoms with E-state index in [0.717, 1.165) is 0 Å². The Hall–Kier alpha value is -1.59. The van der Waals surface area contributed by atoms with E-state index in [1.807, 2.05) is 0 Å². The van der Waals surface area contributed by atoms with Gasteiger partial charge >= 0.3 is 0 Å². The van der Waals surface area contributed by atoms with Gasteiger partial charge in [0.2, 0.25) is 0 Å². The predicted octanol–water partition coefficient (Wildman–Crippen LogP) is 1.81. The van der Waals surface area contributed by atoms with Gasteiger partial charge in [0.25, 0.3) is 15.9 Å². The van der Waals surface area contributed by atoms with E-state index in [-0.39, 0.29) is 22.4 Å². The maximum absolute atomic E-state index is 13.8.